The predicted octanol–water partition coefficient (Wildman–Crippen LogP) is 1.32. The smallest absolute Gasteiger partial charge is 0.176 e. The van der Waals surface area contributed by atoms with Gasteiger partial charge in [0.15, 0.2) is 5.76 Å². The molecule has 0 spiro atoms. The van der Waals surface area contributed by atoms with Gasteiger partial charge >= 0.3 is 0 Å². The van der Waals surface area contributed by atoms with E-state index < -0.39 is 0 Å². The third-order valence-corrected chi connectivity index (χ3v) is 1.28. The number of furan rings is 1. The number of hydrogen-bond donors (Lipinski definition) is 0. The van der Waals surface area contributed by atoms with Crippen molar-refractivity contribution in [3.8, 4) is 12.3 Å². The molecule has 2 nitrogen and oxygen atoms in total. The Kier molecular flexibility index (Phi) is 2.35. The van der Waals surface area contributed by atoms with E-state index >= 15 is 0 Å². The van der Waals surface area contributed by atoms with Crippen molar-refractivity contribution in [1.82, 2.24) is 4.90 Å². The zero-order valence-electron chi connectivity index (χ0n) is 6.79. The van der Waals surface area contributed by atoms with Crippen LogP contribution in [0, 0.1) is 12.3 Å². The molecular formula is C9H11NO. The zero-order valence-corrected chi connectivity index (χ0v) is 6.79. The minimum absolute atomic E-state index is 0.599. The fourth-order valence-electron chi connectivity index (χ4n) is 0.852. The highest BCUT2D eigenvalue weighted by molar-refractivity contribution is 5.22. The van der Waals surface area contributed by atoms with Gasteiger partial charge in [-0.25, -0.2) is 0 Å². The van der Waals surface area contributed by atoms with Crippen molar-refractivity contribution < 1.29 is 4.42 Å². The van der Waals surface area contributed by atoms with Crippen LogP contribution < -0.4 is 0 Å². The van der Waals surface area contributed by atoms with E-state index in [1.807, 2.05) is 25.1 Å². The molecule has 0 saturated heterocycles. The Morgan fingerprint density at radius 2 is 2.27 bits per heavy atom. The monoisotopic (exact) mass is 149 g/mol. The fraction of sp³-hybridized carbons (Fsp3) is 0.333. The van der Waals surface area contributed by atoms with Gasteiger partial charge in [-0.1, -0.05) is 0 Å². The van der Waals surface area contributed by atoms with Gasteiger partial charge < -0.3 is 9.32 Å². The second-order valence-electron chi connectivity index (χ2n) is 2.65. The molecule has 1 rings (SSSR count). The zero-order chi connectivity index (χ0) is 8.27. The first-order valence-corrected chi connectivity index (χ1v) is 3.42. The molecule has 0 amide bonds. The predicted molar refractivity (Wildman–Crippen MR) is 44.0 cm³/mol. The lowest BCUT2D eigenvalue weighted by atomic mass is 10.4. The van der Waals surface area contributed by atoms with Crippen molar-refractivity contribution in [3.63, 3.8) is 0 Å². The van der Waals surface area contributed by atoms with E-state index in [2.05, 4.69) is 5.92 Å². The van der Waals surface area contributed by atoms with Crippen molar-refractivity contribution in [1.29, 1.82) is 0 Å². The Balaban J connectivity index is 2.67. The van der Waals surface area contributed by atoms with Crippen LogP contribution in [0.1, 0.15) is 11.5 Å². The highest BCUT2D eigenvalue weighted by atomic mass is 16.3. The maximum Gasteiger partial charge on any atom is 0.176 e. The molecule has 0 unspecified atom stereocenters. The van der Waals surface area contributed by atoms with Gasteiger partial charge in [-0.15, -0.1) is 6.42 Å². The fourth-order valence-corrected chi connectivity index (χ4v) is 0.852. The number of nitrogens with zero attached hydrogens (tertiary/aromatic N) is 1. The molecule has 0 bridgehead atoms. The summed E-state index contributed by atoms with van der Waals surface area (Å²) in [5.41, 5.74) is 0. The summed E-state index contributed by atoms with van der Waals surface area (Å²) < 4.78 is 5.27. The van der Waals surface area contributed by atoms with Crippen LogP contribution >= 0.6 is 0 Å². The Labute approximate surface area is 66.8 Å². The van der Waals surface area contributed by atoms with Crippen LogP contribution in [0.4, 0.5) is 0 Å². The summed E-state index contributed by atoms with van der Waals surface area (Å²) in [5, 5.41) is 0. The van der Waals surface area contributed by atoms with Crippen molar-refractivity contribution in [3.05, 3.63) is 23.7 Å². The molecule has 0 aromatic carbocycles. The average molecular weight is 149 g/mol. The van der Waals surface area contributed by atoms with Gasteiger partial charge in [-0.2, -0.15) is 0 Å². The van der Waals surface area contributed by atoms with E-state index in [-0.39, 0.29) is 0 Å². The van der Waals surface area contributed by atoms with E-state index in [9.17, 15) is 0 Å². The maximum atomic E-state index is 5.27. The van der Waals surface area contributed by atoms with Crippen molar-refractivity contribution in [2.45, 2.75) is 6.54 Å². The lowest BCUT2D eigenvalue weighted by Crippen LogP contribution is -2.09. The Bertz CT molecular complexity index is 267. The van der Waals surface area contributed by atoms with Crippen LogP contribution in [0.5, 0.6) is 0 Å². The van der Waals surface area contributed by atoms with Gasteiger partial charge in [-0.05, 0) is 32.1 Å². The van der Waals surface area contributed by atoms with Gasteiger partial charge in [0.25, 0.3) is 0 Å². The van der Waals surface area contributed by atoms with Gasteiger partial charge in [0, 0.05) is 0 Å². The Morgan fingerprint density at radius 1 is 1.55 bits per heavy atom. The van der Waals surface area contributed by atoms with Gasteiger partial charge in [0.2, 0.25) is 0 Å². The van der Waals surface area contributed by atoms with Crippen LogP contribution in [0.25, 0.3) is 0 Å². The molecule has 2 heteroatoms. The molecule has 0 atom stereocenters. The average Bonchev–Trinajstić information content (AvgIpc) is 2.34. The summed E-state index contributed by atoms with van der Waals surface area (Å²) in [5.74, 6) is 3.94. The Morgan fingerprint density at radius 3 is 2.73 bits per heavy atom. The molecule has 0 radical (unpaired) electrons. The molecule has 11 heavy (non-hydrogen) atoms. The Hall–Kier alpha value is -1.20. The molecular weight excluding hydrogens is 138 g/mol. The van der Waals surface area contributed by atoms with Crippen LogP contribution in [0.15, 0.2) is 16.5 Å². The molecule has 0 aliphatic heterocycles. The lowest BCUT2D eigenvalue weighted by molar-refractivity contribution is 0.348. The molecule has 58 valence electrons. The molecule has 0 N–H and O–H groups in total. The van der Waals surface area contributed by atoms with Gasteiger partial charge in [0.05, 0.1) is 6.54 Å². The molecule has 1 heterocycles. The number of rotatable bonds is 2. The first-order valence-electron chi connectivity index (χ1n) is 3.42. The van der Waals surface area contributed by atoms with Crippen LogP contribution in [0.3, 0.4) is 0 Å². The van der Waals surface area contributed by atoms with E-state index in [4.69, 9.17) is 10.8 Å². The molecule has 0 aliphatic carbocycles. The van der Waals surface area contributed by atoms with E-state index in [1.165, 1.54) is 0 Å². The van der Waals surface area contributed by atoms with Gasteiger partial charge in [0.1, 0.15) is 5.76 Å². The topological polar surface area (TPSA) is 16.4 Å². The third-order valence-electron chi connectivity index (χ3n) is 1.28. The minimum atomic E-state index is 0.599. The number of terminal acetylenes is 1. The lowest BCUT2D eigenvalue weighted by Gasteiger charge is -2.04. The molecule has 1 aromatic rings. The van der Waals surface area contributed by atoms with Crippen LogP contribution in [-0.2, 0) is 6.54 Å². The van der Waals surface area contributed by atoms with Gasteiger partial charge in [-0.3, -0.25) is 0 Å². The SMILES string of the molecule is C#Cc1ccc(CN(C)C)o1. The number of hydrogen-bond acceptors (Lipinski definition) is 2. The minimum Gasteiger partial charge on any atom is -0.451 e. The second-order valence-corrected chi connectivity index (χ2v) is 2.65. The second kappa shape index (κ2) is 3.27. The maximum absolute atomic E-state index is 5.27. The first kappa shape index (κ1) is 7.90. The quantitative estimate of drug-likeness (QED) is 0.590. The van der Waals surface area contributed by atoms with Crippen molar-refractivity contribution in [2.75, 3.05) is 14.1 Å². The van der Waals surface area contributed by atoms with E-state index in [1.54, 1.807) is 6.07 Å². The molecule has 0 fully saturated rings. The summed E-state index contributed by atoms with van der Waals surface area (Å²) in [6.45, 7) is 0.793. The molecule has 0 aliphatic rings. The van der Waals surface area contributed by atoms with Crippen molar-refractivity contribution >= 4 is 0 Å². The third kappa shape index (κ3) is 2.14. The summed E-state index contributed by atoms with van der Waals surface area (Å²) in [6.07, 6.45) is 5.14. The highest BCUT2D eigenvalue weighted by Crippen LogP contribution is 2.07. The standard InChI is InChI=1S/C9H11NO/c1-4-8-5-6-9(11-8)7-10(2)3/h1,5-6H,7H2,2-3H3. The van der Waals surface area contributed by atoms with E-state index in [0.717, 1.165) is 12.3 Å². The largest absolute Gasteiger partial charge is 0.451 e. The van der Waals surface area contributed by atoms with Crippen LogP contribution in [-0.4, -0.2) is 19.0 Å². The summed E-state index contributed by atoms with van der Waals surface area (Å²) in [6, 6.07) is 3.70. The van der Waals surface area contributed by atoms with E-state index in [0.29, 0.717) is 5.76 Å². The normalized spacial score (nSPS) is 10.0. The highest BCUT2D eigenvalue weighted by Gasteiger charge is 1.99. The summed E-state index contributed by atoms with van der Waals surface area (Å²) in [4.78, 5) is 2.03. The van der Waals surface area contributed by atoms with Crippen molar-refractivity contribution in [2.24, 2.45) is 0 Å². The first-order chi connectivity index (χ1) is 5.22. The summed E-state index contributed by atoms with van der Waals surface area (Å²) >= 11 is 0. The van der Waals surface area contributed by atoms with Crippen LogP contribution in [0.2, 0.25) is 0 Å². The summed E-state index contributed by atoms with van der Waals surface area (Å²) in [7, 11) is 3.97. The molecule has 1 aromatic heterocycles. The molecule has 0 saturated carbocycles.